The fraction of sp³-hybridized carbons (Fsp3) is 0.632. The fourth-order valence-corrected chi connectivity index (χ4v) is 3.89. The Kier molecular flexibility index (Phi) is 5.74. The summed E-state index contributed by atoms with van der Waals surface area (Å²) >= 11 is 0. The molecule has 5 nitrogen and oxygen atoms in total. The van der Waals surface area contributed by atoms with E-state index in [1.165, 1.54) is 24.0 Å². The summed E-state index contributed by atoms with van der Waals surface area (Å²) in [6.45, 7) is 5.39. The van der Waals surface area contributed by atoms with E-state index in [0.717, 1.165) is 51.1 Å². The second kappa shape index (κ2) is 7.99. The maximum absolute atomic E-state index is 12.6. The second-order valence-electron chi connectivity index (χ2n) is 6.85. The fourth-order valence-electron chi connectivity index (χ4n) is 3.89. The number of hydrogen-bond acceptors (Lipinski definition) is 3. The predicted molar refractivity (Wildman–Crippen MR) is 96.4 cm³/mol. The molecular formula is C19H29N3O2. The maximum atomic E-state index is 12.6. The van der Waals surface area contributed by atoms with Crippen molar-refractivity contribution in [3.05, 3.63) is 29.3 Å². The van der Waals surface area contributed by atoms with Gasteiger partial charge in [-0.1, -0.05) is 19.1 Å². The first kappa shape index (κ1) is 17.2. The average molecular weight is 331 g/mol. The minimum atomic E-state index is 0.00525. The number of benzene rings is 1. The number of carbonyl (C=O) groups is 1. The Labute approximate surface area is 144 Å². The Hall–Kier alpha value is -1.59. The minimum absolute atomic E-state index is 0.00525. The molecule has 0 aromatic heterocycles. The molecular weight excluding hydrogens is 302 g/mol. The summed E-state index contributed by atoms with van der Waals surface area (Å²) in [6.07, 6.45) is 5.58. The molecule has 3 rings (SSSR count). The molecule has 1 saturated heterocycles. The molecule has 2 amide bonds. The number of aliphatic hydroxyl groups is 1. The van der Waals surface area contributed by atoms with E-state index in [1.807, 2.05) is 17.0 Å². The van der Waals surface area contributed by atoms with Crippen molar-refractivity contribution in [2.45, 2.75) is 45.1 Å². The van der Waals surface area contributed by atoms with Crippen LogP contribution < -0.4 is 5.32 Å². The van der Waals surface area contributed by atoms with Crippen LogP contribution in [0.1, 0.15) is 37.3 Å². The van der Waals surface area contributed by atoms with E-state index in [4.69, 9.17) is 0 Å². The zero-order chi connectivity index (χ0) is 16.9. The molecule has 1 aliphatic heterocycles. The number of rotatable bonds is 4. The van der Waals surface area contributed by atoms with Gasteiger partial charge in [-0.25, -0.2) is 4.79 Å². The summed E-state index contributed by atoms with van der Waals surface area (Å²) in [4.78, 5) is 16.8. The van der Waals surface area contributed by atoms with Crippen LogP contribution in [0, 0.1) is 0 Å². The standard InChI is InChI=1S/C19H29N3O2/c1-2-16(14-23)21-10-12-22(13-11-21)19(24)20-18-9-5-7-15-6-3-4-8-17(15)18/h5,7,9,16,23H,2-4,6,8,10-14H2,1H3,(H,20,24). The summed E-state index contributed by atoms with van der Waals surface area (Å²) in [5.74, 6) is 0. The van der Waals surface area contributed by atoms with Gasteiger partial charge in [0, 0.05) is 37.9 Å². The van der Waals surface area contributed by atoms with Gasteiger partial charge in [0.1, 0.15) is 0 Å². The number of fused-ring (bicyclic) bond motifs is 1. The summed E-state index contributed by atoms with van der Waals surface area (Å²) in [5.41, 5.74) is 3.70. The highest BCUT2D eigenvalue weighted by Crippen LogP contribution is 2.28. The van der Waals surface area contributed by atoms with Crippen molar-refractivity contribution in [1.29, 1.82) is 0 Å². The molecule has 1 aromatic carbocycles. The quantitative estimate of drug-likeness (QED) is 0.891. The summed E-state index contributed by atoms with van der Waals surface area (Å²) in [6, 6.07) is 6.48. The lowest BCUT2D eigenvalue weighted by molar-refractivity contribution is 0.0766. The molecule has 0 radical (unpaired) electrons. The first-order chi connectivity index (χ1) is 11.7. The van der Waals surface area contributed by atoms with Crippen LogP contribution in [0.2, 0.25) is 0 Å². The highest BCUT2D eigenvalue weighted by Gasteiger charge is 2.25. The Bertz CT molecular complexity index is 564. The normalized spacial score (nSPS) is 19.7. The van der Waals surface area contributed by atoms with Crippen LogP contribution in [0.3, 0.4) is 0 Å². The van der Waals surface area contributed by atoms with Gasteiger partial charge in [0.05, 0.1) is 6.61 Å². The molecule has 5 heteroatoms. The van der Waals surface area contributed by atoms with E-state index in [0.29, 0.717) is 0 Å². The predicted octanol–water partition coefficient (Wildman–Crippen LogP) is 2.49. The first-order valence-corrected chi connectivity index (χ1v) is 9.24. The van der Waals surface area contributed by atoms with Gasteiger partial charge in [-0.2, -0.15) is 0 Å². The van der Waals surface area contributed by atoms with E-state index >= 15 is 0 Å². The number of aryl methyl sites for hydroxylation is 1. The number of carbonyl (C=O) groups excluding carboxylic acids is 1. The molecule has 1 fully saturated rings. The van der Waals surface area contributed by atoms with Gasteiger partial charge in [-0.3, -0.25) is 4.90 Å². The van der Waals surface area contributed by atoms with Crippen LogP contribution in [-0.4, -0.2) is 59.8 Å². The number of nitrogens with one attached hydrogen (secondary N) is 1. The third kappa shape index (κ3) is 3.73. The van der Waals surface area contributed by atoms with Gasteiger partial charge in [-0.15, -0.1) is 0 Å². The summed E-state index contributed by atoms with van der Waals surface area (Å²) in [5, 5.41) is 12.6. The molecule has 1 heterocycles. The average Bonchev–Trinajstić information content (AvgIpc) is 2.63. The van der Waals surface area contributed by atoms with Crippen molar-refractivity contribution >= 4 is 11.7 Å². The lowest BCUT2D eigenvalue weighted by Gasteiger charge is -2.38. The zero-order valence-electron chi connectivity index (χ0n) is 14.6. The Balaban J connectivity index is 1.59. The Morgan fingerprint density at radius 2 is 1.96 bits per heavy atom. The molecule has 0 spiro atoms. The number of hydrogen-bond donors (Lipinski definition) is 2. The lowest BCUT2D eigenvalue weighted by atomic mass is 9.90. The van der Waals surface area contributed by atoms with E-state index in [2.05, 4.69) is 23.2 Å². The van der Waals surface area contributed by atoms with Gasteiger partial charge in [-0.05, 0) is 49.3 Å². The maximum Gasteiger partial charge on any atom is 0.321 e. The number of anilines is 1. The number of aliphatic hydroxyl groups excluding tert-OH is 1. The molecule has 1 atom stereocenters. The number of amides is 2. The van der Waals surface area contributed by atoms with E-state index in [1.54, 1.807) is 0 Å². The molecule has 1 unspecified atom stereocenters. The molecule has 2 aliphatic rings. The third-order valence-corrected chi connectivity index (χ3v) is 5.44. The highest BCUT2D eigenvalue weighted by atomic mass is 16.3. The second-order valence-corrected chi connectivity index (χ2v) is 6.85. The van der Waals surface area contributed by atoms with Crippen molar-refractivity contribution in [1.82, 2.24) is 9.80 Å². The van der Waals surface area contributed by atoms with E-state index in [9.17, 15) is 9.90 Å². The largest absolute Gasteiger partial charge is 0.395 e. The first-order valence-electron chi connectivity index (χ1n) is 9.24. The molecule has 1 aromatic rings. The molecule has 24 heavy (non-hydrogen) atoms. The zero-order valence-corrected chi connectivity index (χ0v) is 14.6. The molecule has 132 valence electrons. The van der Waals surface area contributed by atoms with Crippen LogP contribution in [0.15, 0.2) is 18.2 Å². The van der Waals surface area contributed by atoms with Gasteiger partial charge >= 0.3 is 6.03 Å². The van der Waals surface area contributed by atoms with Crippen LogP contribution >= 0.6 is 0 Å². The minimum Gasteiger partial charge on any atom is -0.395 e. The van der Waals surface area contributed by atoms with Crippen LogP contribution in [0.4, 0.5) is 10.5 Å². The molecule has 0 bridgehead atoms. The summed E-state index contributed by atoms with van der Waals surface area (Å²) in [7, 11) is 0. The van der Waals surface area contributed by atoms with Gasteiger partial charge < -0.3 is 15.3 Å². The Morgan fingerprint density at radius 3 is 2.67 bits per heavy atom. The summed E-state index contributed by atoms with van der Waals surface area (Å²) < 4.78 is 0. The monoisotopic (exact) mass is 331 g/mol. The van der Waals surface area contributed by atoms with Gasteiger partial charge in [0.25, 0.3) is 0 Å². The van der Waals surface area contributed by atoms with E-state index < -0.39 is 0 Å². The van der Waals surface area contributed by atoms with Crippen LogP contribution in [0.25, 0.3) is 0 Å². The topological polar surface area (TPSA) is 55.8 Å². The number of nitrogens with zero attached hydrogens (tertiary/aromatic N) is 2. The van der Waals surface area contributed by atoms with Crippen LogP contribution in [-0.2, 0) is 12.8 Å². The highest BCUT2D eigenvalue weighted by molar-refractivity contribution is 5.90. The van der Waals surface area contributed by atoms with Gasteiger partial charge in [0.2, 0.25) is 0 Å². The van der Waals surface area contributed by atoms with Crippen molar-refractivity contribution in [2.24, 2.45) is 0 Å². The molecule has 0 saturated carbocycles. The third-order valence-electron chi connectivity index (χ3n) is 5.44. The van der Waals surface area contributed by atoms with Crippen molar-refractivity contribution in [3.8, 4) is 0 Å². The molecule has 1 aliphatic carbocycles. The number of urea groups is 1. The number of piperazine rings is 1. The smallest absolute Gasteiger partial charge is 0.321 e. The van der Waals surface area contributed by atoms with Crippen molar-refractivity contribution in [3.63, 3.8) is 0 Å². The SMILES string of the molecule is CCC(CO)N1CCN(C(=O)Nc2cccc3c2CCCC3)CC1. The van der Waals surface area contributed by atoms with E-state index in [-0.39, 0.29) is 18.7 Å². The Morgan fingerprint density at radius 1 is 1.21 bits per heavy atom. The van der Waals surface area contributed by atoms with Gasteiger partial charge in [0.15, 0.2) is 0 Å². The van der Waals surface area contributed by atoms with Crippen molar-refractivity contribution < 1.29 is 9.90 Å². The lowest BCUT2D eigenvalue weighted by Crippen LogP contribution is -2.53. The van der Waals surface area contributed by atoms with Crippen LogP contribution in [0.5, 0.6) is 0 Å². The van der Waals surface area contributed by atoms with Crippen molar-refractivity contribution in [2.75, 3.05) is 38.1 Å². The molecule has 2 N–H and O–H groups in total.